The van der Waals surface area contributed by atoms with Crippen molar-refractivity contribution in [2.45, 2.75) is 30.9 Å². The van der Waals surface area contributed by atoms with Crippen LogP contribution in [0.5, 0.6) is 0 Å². The molecule has 0 aliphatic rings. The molecule has 202 valence electrons. The van der Waals surface area contributed by atoms with Gasteiger partial charge in [-0.1, -0.05) is 60.2 Å². The lowest BCUT2D eigenvalue weighted by Crippen LogP contribution is -2.30. The Bertz CT molecular complexity index is 1520. The number of amides is 3. The third-order valence-electron chi connectivity index (χ3n) is 6.00. The standard InChI is InChI=1S/C33H31N3O3S/c1-22-12-14-25(15-13-22)21-30(36-32(38)26-9-5-4-6-10-26)33(39)34-27-16-18-29(19-17-27)40-24(3)31(37)35-28-11-7-8-23(2)20-28/h4-21,24H,1-3H3,(H,34,39)(H,35,37)(H,36,38)/b30-21-. The highest BCUT2D eigenvalue weighted by molar-refractivity contribution is 8.00. The molecular weight excluding hydrogens is 518 g/mol. The first kappa shape index (κ1) is 28.4. The summed E-state index contributed by atoms with van der Waals surface area (Å²) in [5.74, 6) is -0.914. The highest BCUT2D eigenvalue weighted by Crippen LogP contribution is 2.26. The fraction of sp³-hybridized carbons (Fsp3) is 0.121. The van der Waals surface area contributed by atoms with Crippen molar-refractivity contribution in [3.63, 3.8) is 0 Å². The molecule has 0 aromatic heterocycles. The number of hydrogen-bond acceptors (Lipinski definition) is 4. The second kappa shape index (κ2) is 13.4. The summed E-state index contributed by atoms with van der Waals surface area (Å²) in [5.41, 5.74) is 4.86. The first-order chi connectivity index (χ1) is 19.3. The van der Waals surface area contributed by atoms with Crippen molar-refractivity contribution >= 4 is 46.9 Å². The highest BCUT2D eigenvalue weighted by Gasteiger charge is 2.17. The molecule has 0 radical (unpaired) electrons. The van der Waals surface area contributed by atoms with Crippen LogP contribution in [0.4, 0.5) is 11.4 Å². The van der Waals surface area contributed by atoms with E-state index in [1.54, 1.807) is 42.5 Å². The molecule has 1 unspecified atom stereocenters. The Kier molecular flexibility index (Phi) is 9.54. The van der Waals surface area contributed by atoms with Gasteiger partial charge in [0.1, 0.15) is 5.70 Å². The Morgan fingerprint density at radius 3 is 2.10 bits per heavy atom. The Hall–Kier alpha value is -4.62. The highest BCUT2D eigenvalue weighted by atomic mass is 32.2. The van der Waals surface area contributed by atoms with Gasteiger partial charge in [0.25, 0.3) is 11.8 Å². The molecule has 7 heteroatoms. The van der Waals surface area contributed by atoms with Gasteiger partial charge in [0, 0.05) is 21.8 Å². The molecule has 0 saturated carbocycles. The van der Waals surface area contributed by atoms with Gasteiger partial charge in [-0.15, -0.1) is 11.8 Å². The molecule has 4 rings (SSSR count). The molecule has 3 N–H and O–H groups in total. The molecule has 4 aromatic carbocycles. The zero-order chi connectivity index (χ0) is 28.5. The summed E-state index contributed by atoms with van der Waals surface area (Å²) in [5, 5.41) is 8.24. The van der Waals surface area contributed by atoms with Crippen molar-refractivity contribution < 1.29 is 14.4 Å². The van der Waals surface area contributed by atoms with E-state index in [-0.39, 0.29) is 22.8 Å². The van der Waals surface area contributed by atoms with Crippen molar-refractivity contribution in [1.82, 2.24) is 5.32 Å². The van der Waals surface area contributed by atoms with Crippen LogP contribution < -0.4 is 16.0 Å². The first-order valence-corrected chi connectivity index (χ1v) is 13.8. The lowest BCUT2D eigenvalue weighted by atomic mass is 10.1. The van der Waals surface area contributed by atoms with E-state index in [1.807, 2.05) is 87.5 Å². The van der Waals surface area contributed by atoms with Gasteiger partial charge in [-0.05, 0) is 86.5 Å². The zero-order valence-electron chi connectivity index (χ0n) is 22.6. The molecule has 0 saturated heterocycles. The van der Waals surface area contributed by atoms with E-state index in [1.165, 1.54) is 11.8 Å². The Balaban J connectivity index is 1.42. The van der Waals surface area contributed by atoms with E-state index < -0.39 is 5.91 Å². The van der Waals surface area contributed by atoms with Gasteiger partial charge in [-0.25, -0.2) is 0 Å². The smallest absolute Gasteiger partial charge is 0.272 e. The van der Waals surface area contributed by atoms with Crippen LogP contribution in [0.2, 0.25) is 0 Å². The summed E-state index contributed by atoms with van der Waals surface area (Å²) in [7, 11) is 0. The summed E-state index contributed by atoms with van der Waals surface area (Å²) in [4.78, 5) is 39.6. The molecule has 6 nitrogen and oxygen atoms in total. The number of hydrogen-bond donors (Lipinski definition) is 3. The average Bonchev–Trinajstić information content (AvgIpc) is 2.95. The number of nitrogens with one attached hydrogen (secondary N) is 3. The van der Waals surface area contributed by atoms with Crippen LogP contribution in [-0.4, -0.2) is 23.0 Å². The molecule has 0 bridgehead atoms. The van der Waals surface area contributed by atoms with Crippen molar-refractivity contribution in [3.8, 4) is 0 Å². The zero-order valence-corrected chi connectivity index (χ0v) is 23.4. The SMILES string of the molecule is Cc1ccc(/C=C(\NC(=O)c2ccccc2)C(=O)Nc2ccc(SC(C)C(=O)Nc3cccc(C)c3)cc2)cc1. The number of benzene rings is 4. The predicted octanol–water partition coefficient (Wildman–Crippen LogP) is 6.83. The monoisotopic (exact) mass is 549 g/mol. The Morgan fingerprint density at radius 2 is 1.43 bits per heavy atom. The Labute approximate surface area is 238 Å². The van der Waals surface area contributed by atoms with Crippen molar-refractivity contribution in [2.24, 2.45) is 0 Å². The number of thioether (sulfide) groups is 1. The van der Waals surface area contributed by atoms with Gasteiger partial charge >= 0.3 is 0 Å². The number of aryl methyl sites for hydroxylation is 2. The van der Waals surface area contributed by atoms with Gasteiger partial charge in [0.15, 0.2) is 0 Å². The number of rotatable bonds is 9. The summed E-state index contributed by atoms with van der Waals surface area (Å²) in [6.45, 7) is 5.81. The van der Waals surface area contributed by atoms with Gasteiger partial charge in [-0.2, -0.15) is 0 Å². The maximum atomic E-state index is 13.2. The normalized spacial score (nSPS) is 11.8. The van der Waals surface area contributed by atoms with Crippen molar-refractivity contribution in [2.75, 3.05) is 10.6 Å². The lowest BCUT2D eigenvalue weighted by molar-refractivity contribution is -0.115. The van der Waals surface area contributed by atoms with Crippen LogP contribution in [0.15, 0.2) is 114 Å². The number of anilines is 2. The van der Waals surface area contributed by atoms with E-state index in [9.17, 15) is 14.4 Å². The summed E-state index contributed by atoms with van der Waals surface area (Å²) >= 11 is 1.42. The van der Waals surface area contributed by atoms with Gasteiger partial charge in [0.2, 0.25) is 5.91 Å². The lowest BCUT2D eigenvalue weighted by Gasteiger charge is -2.14. The van der Waals surface area contributed by atoms with Crippen LogP contribution in [0, 0.1) is 13.8 Å². The van der Waals surface area contributed by atoms with E-state index in [0.29, 0.717) is 11.3 Å². The molecule has 1 atom stereocenters. The van der Waals surface area contributed by atoms with Crippen molar-refractivity contribution in [3.05, 3.63) is 131 Å². The second-order valence-electron chi connectivity index (χ2n) is 9.39. The minimum atomic E-state index is -0.448. The summed E-state index contributed by atoms with van der Waals surface area (Å²) < 4.78 is 0. The predicted molar refractivity (Wildman–Crippen MR) is 163 cm³/mol. The van der Waals surface area contributed by atoms with Gasteiger partial charge in [0.05, 0.1) is 5.25 Å². The average molecular weight is 550 g/mol. The Morgan fingerprint density at radius 1 is 0.725 bits per heavy atom. The van der Waals surface area contributed by atoms with E-state index in [2.05, 4.69) is 16.0 Å². The summed E-state index contributed by atoms with van der Waals surface area (Å²) in [6.07, 6.45) is 1.65. The third-order valence-corrected chi connectivity index (χ3v) is 7.11. The molecule has 40 heavy (non-hydrogen) atoms. The van der Waals surface area contributed by atoms with Crippen LogP contribution in [-0.2, 0) is 9.59 Å². The molecule has 0 spiro atoms. The van der Waals surface area contributed by atoms with E-state index in [0.717, 1.165) is 27.3 Å². The van der Waals surface area contributed by atoms with E-state index in [4.69, 9.17) is 0 Å². The maximum absolute atomic E-state index is 13.2. The number of carbonyl (C=O) groups is 3. The largest absolute Gasteiger partial charge is 0.325 e. The van der Waals surface area contributed by atoms with Crippen LogP contribution in [0.3, 0.4) is 0 Å². The van der Waals surface area contributed by atoms with Crippen LogP contribution in [0.25, 0.3) is 6.08 Å². The fourth-order valence-electron chi connectivity index (χ4n) is 3.81. The summed E-state index contributed by atoms with van der Waals surface area (Å²) in [6, 6.07) is 31.3. The third kappa shape index (κ3) is 8.19. The van der Waals surface area contributed by atoms with Crippen molar-refractivity contribution in [1.29, 1.82) is 0 Å². The minimum Gasteiger partial charge on any atom is -0.325 e. The molecule has 0 heterocycles. The molecular formula is C33H31N3O3S. The van der Waals surface area contributed by atoms with Gasteiger partial charge in [-0.3, -0.25) is 14.4 Å². The van der Waals surface area contributed by atoms with E-state index >= 15 is 0 Å². The molecule has 0 fully saturated rings. The van der Waals surface area contributed by atoms with Crippen LogP contribution in [0.1, 0.15) is 34.0 Å². The first-order valence-electron chi connectivity index (χ1n) is 12.9. The minimum absolute atomic E-state index is 0.0898. The fourth-order valence-corrected chi connectivity index (χ4v) is 4.68. The topological polar surface area (TPSA) is 87.3 Å². The molecule has 3 amide bonds. The quantitative estimate of drug-likeness (QED) is 0.158. The molecule has 4 aromatic rings. The van der Waals surface area contributed by atoms with Crippen LogP contribution >= 0.6 is 11.8 Å². The number of carbonyl (C=O) groups excluding carboxylic acids is 3. The van der Waals surface area contributed by atoms with Gasteiger partial charge < -0.3 is 16.0 Å². The second-order valence-corrected chi connectivity index (χ2v) is 10.8. The molecule has 0 aliphatic heterocycles. The maximum Gasteiger partial charge on any atom is 0.272 e. The molecule has 0 aliphatic carbocycles.